The van der Waals surface area contributed by atoms with E-state index in [4.69, 9.17) is 10.00 Å². The van der Waals surface area contributed by atoms with Gasteiger partial charge in [0.1, 0.15) is 5.75 Å². The first-order valence-electron chi connectivity index (χ1n) is 8.80. The minimum atomic E-state index is -0.208. The Morgan fingerprint density at radius 1 is 1.04 bits per heavy atom. The zero-order chi connectivity index (χ0) is 19.8. The normalized spacial score (nSPS) is 10.8. The minimum absolute atomic E-state index is 0.208. The quantitative estimate of drug-likeness (QED) is 0.551. The molecule has 0 spiro atoms. The lowest BCUT2D eigenvalue weighted by Gasteiger charge is -2.10. The van der Waals surface area contributed by atoms with Crippen molar-refractivity contribution in [2.24, 2.45) is 0 Å². The van der Waals surface area contributed by atoms with Crippen molar-refractivity contribution in [1.29, 1.82) is 5.26 Å². The number of nitriles is 1. The van der Waals surface area contributed by atoms with Gasteiger partial charge in [0.15, 0.2) is 0 Å². The van der Waals surface area contributed by atoms with Gasteiger partial charge in [0.2, 0.25) is 0 Å². The summed E-state index contributed by atoms with van der Waals surface area (Å²) in [6.07, 6.45) is 1.71. The third-order valence-electron chi connectivity index (χ3n) is 4.95. The van der Waals surface area contributed by atoms with Crippen LogP contribution in [0.15, 0.2) is 59.5 Å². The van der Waals surface area contributed by atoms with Crippen molar-refractivity contribution in [1.82, 2.24) is 14.3 Å². The van der Waals surface area contributed by atoms with Crippen LogP contribution in [-0.4, -0.2) is 21.5 Å². The fraction of sp³-hybridized carbons (Fsp3) is 0.136. The van der Waals surface area contributed by atoms with Crippen LogP contribution in [0.3, 0.4) is 0 Å². The number of hydrogen-bond acceptors (Lipinski definition) is 4. The summed E-state index contributed by atoms with van der Waals surface area (Å²) in [5.41, 5.74) is 3.58. The maximum absolute atomic E-state index is 13.2. The minimum Gasteiger partial charge on any atom is -0.497 e. The van der Waals surface area contributed by atoms with E-state index < -0.39 is 0 Å². The van der Waals surface area contributed by atoms with Crippen molar-refractivity contribution in [2.75, 3.05) is 7.11 Å². The Morgan fingerprint density at radius 3 is 2.46 bits per heavy atom. The first-order chi connectivity index (χ1) is 13.5. The predicted molar refractivity (Wildman–Crippen MR) is 107 cm³/mol. The molecule has 0 bridgehead atoms. The Kier molecular flexibility index (Phi) is 4.21. The molecule has 6 heteroatoms. The summed E-state index contributed by atoms with van der Waals surface area (Å²) in [7, 11) is 1.63. The number of benzene rings is 2. The van der Waals surface area contributed by atoms with E-state index in [-0.39, 0.29) is 5.56 Å². The molecule has 0 fully saturated rings. The fourth-order valence-electron chi connectivity index (χ4n) is 3.57. The van der Waals surface area contributed by atoms with Gasteiger partial charge >= 0.3 is 0 Å². The zero-order valence-corrected chi connectivity index (χ0v) is 15.8. The van der Waals surface area contributed by atoms with Crippen molar-refractivity contribution < 1.29 is 4.74 Å². The van der Waals surface area contributed by atoms with Crippen LogP contribution in [-0.2, 0) is 0 Å². The topological polar surface area (TPSA) is 72.8 Å². The van der Waals surface area contributed by atoms with Gasteiger partial charge in [-0.15, -0.1) is 0 Å². The lowest BCUT2D eigenvalue weighted by atomic mass is 10.2. The molecule has 0 aliphatic carbocycles. The van der Waals surface area contributed by atoms with Crippen LogP contribution >= 0.6 is 0 Å². The number of rotatable bonds is 3. The molecule has 0 aliphatic rings. The molecular formula is C22H18N4O2. The first kappa shape index (κ1) is 17.6. The predicted octanol–water partition coefficient (Wildman–Crippen LogP) is 3.67. The van der Waals surface area contributed by atoms with Crippen molar-refractivity contribution in [3.05, 3.63) is 82.0 Å². The molecular weight excluding hydrogens is 352 g/mol. The van der Waals surface area contributed by atoms with Crippen LogP contribution in [0.1, 0.15) is 17.0 Å². The van der Waals surface area contributed by atoms with Crippen LogP contribution in [0.4, 0.5) is 0 Å². The molecule has 6 nitrogen and oxygen atoms in total. The molecule has 28 heavy (non-hydrogen) atoms. The number of nitrogens with zero attached hydrogens (tertiary/aromatic N) is 4. The van der Waals surface area contributed by atoms with Crippen molar-refractivity contribution in [3.8, 4) is 23.2 Å². The Labute approximate surface area is 161 Å². The molecule has 0 unspecified atom stereocenters. The molecule has 2 aromatic heterocycles. The third-order valence-corrected chi connectivity index (χ3v) is 4.95. The van der Waals surface area contributed by atoms with Crippen LogP contribution in [0, 0.1) is 25.2 Å². The van der Waals surface area contributed by atoms with Gasteiger partial charge in [0.05, 0.1) is 36.0 Å². The number of aromatic nitrogens is 3. The van der Waals surface area contributed by atoms with Crippen LogP contribution in [0.25, 0.3) is 22.1 Å². The van der Waals surface area contributed by atoms with E-state index in [1.807, 2.05) is 42.7 Å². The second-order valence-electron chi connectivity index (χ2n) is 6.52. The fourth-order valence-corrected chi connectivity index (χ4v) is 3.57. The number of ether oxygens (including phenoxy) is 1. The largest absolute Gasteiger partial charge is 0.497 e. The van der Waals surface area contributed by atoms with Crippen LogP contribution < -0.4 is 10.3 Å². The van der Waals surface area contributed by atoms with Gasteiger partial charge in [-0.2, -0.15) is 15.0 Å². The van der Waals surface area contributed by atoms with E-state index in [2.05, 4.69) is 11.2 Å². The Morgan fingerprint density at radius 2 is 1.79 bits per heavy atom. The van der Waals surface area contributed by atoms with E-state index in [0.717, 1.165) is 28.2 Å². The molecule has 0 amide bonds. The van der Waals surface area contributed by atoms with Gasteiger partial charge in [-0.3, -0.25) is 4.79 Å². The summed E-state index contributed by atoms with van der Waals surface area (Å²) in [5.74, 6) is 0.775. The third kappa shape index (κ3) is 2.65. The molecule has 2 heterocycles. The Balaban J connectivity index is 1.95. The van der Waals surface area contributed by atoms with Crippen LogP contribution in [0.2, 0.25) is 0 Å². The highest BCUT2D eigenvalue weighted by Crippen LogP contribution is 2.27. The van der Waals surface area contributed by atoms with Gasteiger partial charge in [-0.1, -0.05) is 6.07 Å². The average Bonchev–Trinajstić information content (AvgIpc) is 2.99. The smallest absolute Gasteiger partial charge is 0.281 e. The van der Waals surface area contributed by atoms with Crippen molar-refractivity contribution in [3.63, 3.8) is 0 Å². The molecule has 2 aromatic carbocycles. The van der Waals surface area contributed by atoms with Gasteiger partial charge in [-0.05, 0) is 56.3 Å². The number of methoxy groups -OCH3 is 1. The van der Waals surface area contributed by atoms with E-state index in [9.17, 15) is 4.79 Å². The Bertz CT molecular complexity index is 1290. The highest BCUT2D eigenvalue weighted by molar-refractivity contribution is 5.88. The lowest BCUT2D eigenvalue weighted by Crippen LogP contribution is -2.21. The molecule has 138 valence electrons. The average molecular weight is 370 g/mol. The summed E-state index contributed by atoms with van der Waals surface area (Å²) < 4.78 is 8.62. The molecule has 0 N–H and O–H groups in total. The number of fused-ring (bicyclic) bond motifs is 1. The van der Waals surface area contributed by atoms with Crippen LogP contribution in [0.5, 0.6) is 5.75 Å². The maximum Gasteiger partial charge on any atom is 0.281 e. The molecule has 4 rings (SSSR count). The first-order valence-corrected chi connectivity index (χ1v) is 8.80. The summed E-state index contributed by atoms with van der Waals surface area (Å²) in [6.45, 7) is 3.90. The van der Waals surface area contributed by atoms with Gasteiger partial charge in [0.25, 0.3) is 5.56 Å². The number of hydrogen-bond donors (Lipinski definition) is 0. The zero-order valence-electron chi connectivity index (χ0n) is 15.8. The van der Waals surface area contributed by atoms with E-state index in [1.165, 1.54) is 4.68 Å². The van der Waals surface area contributed by atoms with E-state index in [1.54, 1.807) is 37.6 Å². The molecule has 0 atom stereocenters. The lowest BCUT2D eigenvalue weighted by molar-refractivity contribution is 0.414. The van der Waals surface area contributed by atoms with Crippen molar-refractivity contribution >= 4 is 10.8 Å². The summed E-state index contributed by atoms with van der Waals surface area (Å²) in [4.78, 5) is 13.2. The van der Waals surface area contributed by atoms with Gasteiger partial charge in [-0.25, -0.2) is 0 Å². The number of aryl methyl sites for hydroxylation is 2. The van der Waals surface area contributed by atoms with Gasteiger partial charge < -0.3 is 9.30 Å². The monoisotopic (exact) mass is 370 g/mol. The molecule has 0 saturated heterocycles. The van der Waals surface area contributed by atoms with Crippen molar-refractivity contribution in [2.45, 2.75) is 13.8 Å². The van der Waals surface area contributed by atoms with E-state index >= 15 is 0 Å². The van der Waals surface area contributed by atoms with E-state index in [0.29, 0.717) is 16.6 Å². The Hall–Kier alpha value is -3.85. The molecule has 0 aliphatic heterocycles. The summed E-state index contributed by atoms with van der Waals surface area (Å²) in [6, 6.07) is 16.7. The standard InChI is InChI=1S/C22H18N4O2/c1-14-20-13-24-26(18-6-4-5-16(11-18)12-23)22(27)21(20)15(2)25(14)17-7-9-19(28-3)10-8-17/h4-11,13H,1-3H3. The molecule has 0 radical (unpaired) electrons. The highest BCUT2D eigenvalue weighted by Gasteiger charge is 2.18. The second kappa shape index (κ2) is 6.71. The highest BCUT2D eigenvalue weighted by atomic mass is 16.5. The molecule has 4 aromatic rings. The second-order valence-corrected chi connectivity index (χ2v) is 6.52. The summed E-state index contributed by atoms with van der Waals surface area (Å²) in [5, 5.41) is 14.9. The molecule has 0 saturated carbocycles. The summed E-state index contributed by atoms with van der Waals surface area (Å²) >= 11 is 0. The van der Waals surface area contributed by atoms with Gasteiger partial charge in [0, 0.05) is 22.5 Å². The SMILES string of the molecule is COc1ccc(-n2c(C)c3cnn(-c4cccc(C#N)c4)c(=O)c3c2C)cc1. The maximum atomic E-state index is 13.2.